The highest BCUT2D eigenvalue weighted by molar-refractivity contribution is 9.10. The number of fused-ring (bicyclic) bond motifs is 1. The zero-order valence-corrected chi connectivity index (χ0v) is 14.5. The molecule has 0 spiro atoms. The molecule has 0 aliphatic carbocycles. The fraction of sp³-hybridized carbons (Fsp3) is 0.400. The van der Waals surface area contributed by atoms with Crippen LogP contribution in [-0.2, 0) is 0 Å². The van der Waals surface area contributed by atoms with Crippen LogP contribution in [0.1, 0.15) is 16.6 Å². The second-order valence-corrected chi connectivity index (χ2v) is 7.45. The summed E-state index contributed by atoms with van der Waals surface area (Å²) in [6.07, 6.45) is 0. The first kappa shape index (κ1) is 14.8. The molecule has 2 aromatic rings. The Morgan fingerprint density at radius 3 is 2.86 bits per heavy atom. The first-order valence-corrected chi connectivity index (χ1v) is 8.56. The molecule has 1 unspecified atom stereocenters. The van der Waals surface area contributed by atoms with Crippen LogP contribution in [0.15, 0.2) is 22.7 Å². The van der Waals surface area contributed by atoms with Gasteiger partial charge in [0, 0.05) is 40.2 Å². The molecule has 21 heavy (non-hydrogen) atoms. The van der Waals surface area contributed by atoms with Crippen LogP contribution in [0.2, 0.25) is 0 Å². The van der Waals surface area contributed by atoms with Crippen molar-refractivity contribution in [3.05, 3.63) is 27.5 Å². The molecule has 1 aromatic carbocycles. The van der Waals surface area contributed by atoms with Crippen LogP contribution in [0.25, 0.3) is 10.1 Å². The van der Waals surface area contributed by atoms with Gasteiger partial charge < -0.3 is 15.5 Å². The van der Waals surface area contributed by atoms with Crippen molar-refractivity contribution in [2.75, 3.05) is 32.4 Å². The van der Waals surface area contributed by atoms with E-state index in [1.165, 1.54) is 11.3 Å². The van der Waals surface area contributed by atoms with Gasteiger partial charge in [-0.3, -0.25) is 4.79 Å². The lowest BCUT2D eigenvalue weighted by Gasteiger charge is -2.37. The summed E-state index contributed by atoms with van der Waals surface area (Å²) in [6.45, 7) is 4.56. The van der Waals surface area contributed by atoms with Crippen molar-refractivity contribution in [3.63, 3.8) is 0 Å². The maximum absolute atomic E-state index is 12.8. The van der Waals surface area contributed by atoms with Crippen molar-refractivity contribution in [1.29, 1.82) is 0 Å². The smallest absolute Gasteiger partial charge is 0.266 e. The predicted octanol–water partition coefficient (Wildman–Crippen LogP) is 3.02. The van der Waals surface area contributed by atoms with E-state index in [1.54, 1.807) is 0 Å². The summed E-state index contributed by atoms with van der Waals surface area (Å²) in [6, 6.07) is 6.31. The Balaban J connectivity index is 1.95. The van der Waals surface area contributed by atoms with Gasteiger partial charge in [-0.25, -0.2) is 0 Å². The highest BCUT2D eigenvalue weighted by Crippen LogP contribution is 2.38. The normalized spacial score (nSPS) is 20.1. The largest absolute Gasteiger partial charge is 0.397 e. The molecule has 4 nitrogen and oxygen atoms in total. The van der Waals surface area contributed by atoms with Crippen LogP contribution in [-0.4, -0.2) is 48.4 Å². The molecule has 0 bridgehead atoms. The summed E-state index contributed by atoms with van der Waals surface area (Å²) >= 11 is 5.00. The summed E-state index contributed by atoms with van der Waals surface area (Å²) < 4.78 is 1.99. The van der Waals surface area contributed by atoms with Crippen molar-refractivity contribution in [1.82, 2.24) is 9.80 Å². The van der Waals surface area contributed by atoms with Gasteiger partial charge in [0.05, 0.1) is 5.69 Å². The van der Waals surface area contributed by atoms with Gasteiger partial charge in [-0.1, -0.05) is 22.0 Å². The van der Waals surface area contributed by atoms with Gasteiger partial charge >= 0.3 is 0 Å². The Kier molecular flexibility index (Phi) is 3.94. The summed E-state index contributed by atoms with van der Waals surface area (Å²) in [5.74, 6) is 0.0561. The van der Waals surface area contributed by atoms with Crippen LogP contribution in [0.4, 0.5) is 5.69 Å². The number of hydrogen-bond acceptors (Lipinski definition) is 4. The number of nitrogen functional groups attached to an aromatic ring is 1. The second-order valence-electron chi connectivity index (χ2n) is 5.54. The van der Waals surface area contributed by atoms with Crippen molar-refractivity contribution in [2.45, 2.75) is 13.0 Å². The van der Waals surface area contributed by atoms with Crippen LogP contribution >= 0.6 is 27.3 Å². The third-order valence-corrected chi connectivity index (χ3v) is 5.96. The average molecular weight is 368 g/mol. The number of hydrogen-bond donors (Lipinski definition) is 1. The van der Waals surface area contributed by atoms with E-state index in [0.29, 0.717) is 16.6 Å². The molecule has 1 aromatic heterocycles. The minimum absolute atomic E-state index is 0.0561. The van der Waals surface area contributed by atoms with Gasteiger partial charge in [-0.15, -0.1) is 11.3 Å². The van der Waals surface area contributed by atoms with Crippen LogP contribution in [0, 0.1) is 0 Å². The number of anilines is 1. The van der Waals surface area contributed by atoms with Crippen molar-refractivity contribution in [3.8, 4) is 0 Å². The molecule has 1 atom stereocenters. The number of halogens is 1. The Morgan fingerprint density at radius 2 is 2.19 bits per heavy atom. The predicted molar refractivity (Wildman–Crippen MR) is 91.9 cm³/mol. The molecule has 112 valence electrons. The molecule has 1 aliphatic rings. The van der Waals surface area contributed by atoms with E-state index in [4.69, 9.17) is 5.73 Å². The highest BCUT2D eigenvalue weighted by atomic mass is 79.9. The van der Waals surface area contributed by atoms with Crippen molar-refractivity contribution < 1.29 is 4.79 Å². The number of likely N-dealkylation sites (N-methyl/N-ethyl adjacent to an activating group) is 1. The molecule has 1 fully saturated rings. The van der Waals surface area contributed by atoms with Crippen molar-refractivity contribution >= 4 is 48.9 Å². The second kappa shape index (κ2) is 5.59. The zero-order valence-electron chi connectivity index (χ0n) is 12.1. The maximum atomic E-state index is 12.8. The first-order valence-electron chi connectivity index (χ1n) is 6.95. The summed E-state index contributed by atoms with van der Waals surface area (Å²) in [5, 5.41) is 0.952. The van der Waals surface area contributed by atoms with E-state index in [2.05, 4.69) is 34.8 Å². The van der Waals surface area contributed by atoms with Gasteiger partial charge in [0.2, 0.25) is 0 Å². The Morgan fingerprint density at radius 1 is 1.43 bits per heavy atom. The monoisotopic (exact) mass is 367 g/mol. The third-order valence-electron chi connectivity index (χ3n) is 4.14. The standard InChI is InChI=1S/C15H18BrN3OS/c1-9-8-19(7-6-18(9)2)15(20)14-13(17)12-10(16)4-3-5-11(12)21-14/h3-5,9H,6-8,17H2,1-2H3. The molecule has 1 saturated heterocycles. The van der Waals surface area contributed by atoms with Gasteiger partial charge in [0.15, 0.2) is 0 Å². The topological polar surface area (TPSA) is 49.6 Å². The van der Waals surface area contributed by atoms with Gasteiger partial charge in [-0.05, 0) is 26.1 Å². The van der Waals surface area contributed by atoms with Crippen LogP contribution < -0.4 is 5.73 Å². The molecule has 0 saturated carbocycles. The molecule has 3 rings (SSSR count). The summed E-state index contributed by atoms with van der Waals surface area (Å²) in [5.41, 5.74) is 6.83. The third kappa shape index (κ3) is 2.56. The molecule has 6 heteroatoms. The van der Waals surface area contributed by atoms with Crippen LogP contribution in [0.5, 0.6) is 0 Å². The Labute approximate surface area is 136 Å². The van der Waals surface area contributed by atoms with Gasteiger partial charge in [0.25, 0.3) is 5.91 Å². The number of rotatable bonds is 1. The lowest BCUT2D eigenvalue weighted by molar-refractivity contribution is 0.0578. The molecule has 1 aliphatic heterocycles. The van der Waals surface area contributed by atoms with E-state index in [9.17, 15) is 4.79 Å². The fourth-order valence-corrected chi connectivity index (χ4v) is 4.49. The van der Waals surface area contributed by atoms with E-state index in [-0.39, 0.29) is 5.91 Å². The van der Waals surface area contributed by atoms with Crippen LogP contribution in [0.3, 0.4) is 0 Å². The highest BCUT2D eigenvalue weighted by Gasteiger charge is 2.28. The molecule has 2 heterocycles. The number of carbonyl (C=O) groups excluding carboxylic acids is 1. The van der Waals surface area contributed by atoms with E-state index in [0.717, 1.165) is 34.2 Å². The van der Waals surface area contributed by atoms with E-state index >= 15 is 0 Å². The zero-order chi connectivity index (χ0) is 15.1. The lowest BCUT2D eigenvalue weighted by atomic mass is 10.2. The maximum Gasteiger partial charge on any atom is 0.266 e. The molecule has 2 N–H and O–H groups in total. The van der Waals surface area contributed by atoms with E-state index < -0.39 is 0 Å². The quantitative estimate of drug-likeness (QED) is 0.842. The average Bonchev–Trinajstić information content (AvgIpc) is 2.80. The molecule has 1 amide bonds. The molecular weight excluding hydrogens is 350 g/mol. The van der Waals surface area contributed by atoms with Gasteiger partial charge in [0.1, 0.15) is 4.88 Å². The number of benzene rings is 1. The summed E-state index contributed by atoms with van der Waals surface area (Å²) in [7, 11) is 2.09. The number of nitrogens with two attached hydrogens (primary N) is 1. The number of nitrogens with zero attached hydrogens (tertiary/aromatic N) is 2. The number of piperazine rings is 1. The summed E-state index contributed by atoms with van der Waals surface area (Å²) in [4.78, 5) is 17.6. The first-order chi connectivity index (χ1) is 9.99. The Bertz CT molecular complexity index is 700. The molecular formula is C15H18BrN3OS. The minimum atomic E-state index is 0.0561. The van der Waals surface area contributed by atoms with Crippen molar-refractivity contribution in [2.24, 2.45) is 0 Å². The lowest BCUT2D eigenvalue weighted by Crippen LogP contribution is -2.51. The number of thiophene rings is 1. The fourth-order valence-electron chi connectivity index (χ4n) is 2.66. The Hall–Kier alpha value is -1.11. The van der Waals surface area contributed by atoms with Gasteiger partial charge in [-0.2, -0.15) is 0 Å². The number of carbonyl (C=O) groups is 1. The van der Waals surface area contributed by atoms with E-state index in [1.807, 2.05) is 23.1 Å². The number of amides is 1. The minimum Gasteiger partial charge on any atom is -0.397 e. The SMILES string of the molecule is CC1CN(C(=O)c2sc3cccc(Br)c3c2N)CCN1C. The molecule has 0 radical (unpaired) electrons.